The lowest BCUT2D eigenvalue weighted by atomic mass is 9.82. The van der Waals surface area contributed by atoms with Gasteiger partial charge in [0.1, 0.15) is 0 Å². The highest BCUT2D eigenvalue weighted by molar-refractivity contribution is 6.01. The van der Waals surface area contributed by atoms with Crippen LogP contribution in [0.5, 0.6) is 0 Å². The molecule has 33 heavy (non-hydrogen) atoms. The third kappa shape index (κ3) is 3.03. The van der Waals surface area contributed by atoms with Gasteiger partial charge in [0.05, 0.1) is 11.2 Å². The Hall–Kier alpha value is -3.71. The van der Waals surface area contributed by atoms with E-state index in [2.05, 4.69) is 119 Å². The maximum atomic E-state index is 5.22. The summed E-state index contributed by atoms with van der Waals surface area (Å²) < 4.78 is 0. The SMILES string of the molecule is Cc1cccc(-c2cc(-c3ccccc3C)nc3cc4c(cc23)-c2ccccc2C4(C)C)c1. The molecule has 0 saturated heterocycles. The Morgan fingerprint density at radius 2 is 1.36 bits per heavy atom. The Bertz CT molecular complexity index is 1550. The van der Waals surface area contributed by atoms with Gasteiger partial charge < -0.3 is 0 Å². The Morgan fingerprint density at radius 1 is 0.606 bits per heavy atom. The van der Waals surface area contributed by atoms with Crippen LogP contribution in [0.4, 0.5) is 0 Å². The van der Waals surface area contributed by atoms with Crippen molar-refractivity contribution in [2.45, 2.75) is 33.1 Å². The highest BCUT2D eigenvalue weighted by Gasteiger charge is 2.35. The topological polar surface area (TPSA) is 12.9 Å². The maximum absolute atomic E-state index is 5.22. The van der Waals surface area contributed by atoms with E-state index in [0.29, 0.717) is 0 Å². The monoisotopic (exact) mass is 425 g/mol. The summed E-state index contributed by atoms with van der Waals surface area (Å²) in [5, 5.41) is 1.21. The number of aromatic nitrogens is 1. The van der Waals surface area contributed by atoms with Gasteiger partial charge in [0.2, 0.25) is 0 Å². The Morgan fingerprint density at radius 3 is 2.15 bits per heavy atom. The van der Waals surface area contributed by atoms with Gasteiger partial charge >= 0.3 is 0 Å². The molecule has 1 heterocycles. The number of rotatable bonds is 2. The lowest BCUT2D eigenvalue weighted by Crippen LogP contribution is -2.14. The second kappa shape index (κ2) is 7.15. The molecule has 0 fully saturated rings. The average Bonchev–Trinajstić information content (AvgIpc) is 3.04. The Labute approximate surface area is 195 Å². The molecule has 0 aliphatic heterocycles. The van der Waals surface area contributed by atoms with Crippen LogP contribution in [-0.2, 0) is 5.41 Å². The van der Waals surface area contributed by atoms with Crippen LogP contribution in [0.25, 0.3) is 44.4 Å². The van der Waals surface area contributed by atoms with Gasteiger partial charge in [-0.25, -0.2) is 4.98 Å². The molecule has 0 N–H and O–H groups in total. The van der Waals surface area contributed by atoms with Crippen molar-refractivity contribution in [1.29, 1.82) is 0 Å². The standard InChI is InChI=1S/C32H27N/c1-20-10-9-12-22(16-20)25-18-30(23-13-6-5-11-21(23)2)33-31-19-29-26(17-27(25)31)24-14-7-8-15-28(24)32(29,3)4/h5-19H,1-4H3. The van der Waals surface area contributed by atoms with Crippen molar-refractivity contribution in [3.8, 4) is 33.5 Å². The number of pyridine rings is 1. The zero-order valence-electron chi connectivity index (χ0n) is 19.6. The van der Waals surface area contributed by atoms with Gasteiger partial charge in [-0.15, -0.1) is 0 Å². The van der Waals surface area contributed by atoms with Crippen LogP contribution in [-0.4, -0.2) is 4.98 Å². The number of aryl methyl sites for hydroxylation is 2. The van der Waals surface area contributed by atoms with Crippen LogP contribution in [0.1, 0.15) is 36.1 Å². The van der Waals surface area contributed by atoms with E-state index < -0.39 is 0 Å². The third-order valence-electron chi connectivity index (χ3n) is 7.26. The van der Waals surface area contributed by atoms with Gasteiger partial charge in [-0.1, -0.05) is 92.2 Å². The van der Waals surface area contributed by atoms with Crippen molar-refractivity contribution in [2.24, 2.45) is 0 Å². The largest absolute Gasteiger partial charge is 0.248 e. The minimum atomic E-state index is -0.0377. The Kier molecular flexibility index (Phi) is 4.32. The first-order chi connectivity index (χ1) is 15.9. The van der Waals surface area contributed by atoms with Gasteiger partial charge in [-0.05, 0) is 71.0 Å². The van der Waals surface area contributed by atoms with E-state index in [1.807, 2.05) is 0 Å². The summed E-state index contributed by atoms with van der Waals surface area (Å²) in [6.07, 6.45) is 0. The van der Waals surface area contributed by atoms with Crippen LogP contribution in [0, 0.1) is 13.8 Å². The van der Waals surface area contributed by atoms with Crippen molar-refractivity contribution in [2.75, 3.05) is 0 Å². The van der Waals surface area contributed by atoms with Gasteiger partial charge in [-0.3, -0.25) is 0 Å². The number of hydrogen-bond acceptors (Lipinski definition) is 1. The molecule has 5 aromatic rings. The molecular weight excluding hydrogens is 398 g/mol. The van der Waals surface area contributed by atoms with Crippen molar-refractivity contribution in [3.63, 3.8) is 0 Å². The first kappa shape index (κ1) is 19.9. The molecule has 1 aromatic heterocycles. The first-order valence-corrected chi connectivity index (χ1v) is 11.7. The first-order valence-electron chi connectivity index (χ1n) is 11.7. The van der Waals surface area contributed by atoms with Gasteiger partial charge in [-0.2, -0.15) is 0 Å². The molecule has 1 aliphatic carbocycles. The predicted molar refractivity (Wildman–Crippen MR) is 140 cm³/mol. The fourth-order valence-electron chi connectivity index (χ4n) is 5.47. The summed E-state index contributed by atoms with van der Waals surface area (Å²) in [4.78, 5) is 5.22. The van der Waals surface area contributed by atoms with Gasteiger partial charge in [0.15, 0.2) is 0 Å². The molecule has 160 valence electrons. The van der Waals surface area contributed by atoms with Crippen LogP contribution in [0.2, 0.25) is 0 Å². The van der Waals surface area contributed by atoms with Crippen molar-refractivity contribution in [3.05, 3.63) is 113 Å². The molecule has 4 aromatic carbocycles. The summed E-state index contributed by atoms with van der Waals surface area (Å²) >= 11 is 0. The predicted octanol–water partition coefficient (Wildman–Crippen LogP) is 8.49. The van der Waals surface area contributed by atoms with E-state index >= 15 is 0 Å². The molecule has 0 radical (unpaired) electrons. The lowest BCUT2D eigenvalue weighted by Gasteiger charge is -2.22. The summed E-state index contributed by atoms with van der Waals surface area (Å²) in [7, 11) is 0. The molecule has 6 rings (SSSR count). The van der Waals surface area contributed by atoms with E-state index in [9.17, 15) is 0 Å². The fraction of sp³-hybridized carbons (Fsp3) is 0.156. The van der Waals surface area contributed by atoms with Gasteiger partial charge in [0, 0.05) is 16.4 Å². The highest BCUT2D eigenvalue weighted by atomic mass is 14.7. The minimum Gasteiger partial charge on any atom is -0.248 e. The molecule has 0 unspecified atom stereocenters. The third-order valence-corrected chi connectivity index (χ3v) is 7.26. The number of hydrogen-bond donors (Lipinski definition) is 0. The maximum Gasteiger partial charge on any atom is 0.0719 e. The summed E-state index contributed by atoms with van der Waals surface area (Å²) in [5.74, 6) is 0. The average molecular weight is 426 g/mol. The molecule has 1 heteroatoms. The minimum absolute atomic E-state index is 0.0377. The van der Waals surface area contributed by atoms with E-state index in [0.717, 1.165) is 11.2 Å². The smallest absolute Gasteiger partial charge is 0.0719 e. The Balaban J connectivity index is 1.71. The molecule has 0 atom stereocenters. The fourth-order valence-corrected chi connectivity index (χ4v) is 5.47. The number of nitrogens with zero attached hydrogens (tertiary/aromatic N) is 1. The molecule has 0 amide bonds. The number of fused-ring (bicyclic) bond motifs is 4. The van der Waals surface area contributed by atoms with Crippen molar-refractivity contribution in [1.82, 2.24) is 4.98 Å². The molecule has 1 nitrogen and oxygen atoms in total. The summed E-state index contributed by atoms with van der Waals surface area (Å²) in [6, 6.07) is 33.2. The lowest BCUT2D eigenvalue weighted by molar-refractivity contribution is 0.661. The van der Waals surface area contributed by atoms with E-state index in [4.69, 9.17) is 4.98 Å². The quantitative estimate of drug-likeness (QED) is 0.276. The molecule has 1 aliphatic rings. The molecule has 0 saturated carbocycles. The zero-order chi connectivity index (χ0) is 22.7. The van der Waals surface area contributed by atoms with Crippen molar-refractivity contribution >= 4 is 10.9 Å². The highest BCUT2D eigenvalue weighted by Crippen LogP contribution is 2.50. The van der Waals surface area contributed by atoms with E-state index in [1.165, 1.54) is 55.5 Å². The molecule has 0 bridgehead atoms. The van der Waals surface area contributed by atoms with Crippen molar-refractivity contribution < 1.29 is 0 Å². The van der Waals surface area contributed by atoms with Crippen LogP contribution >= 0.6 is 0 Å². The molecular formula is C32H27N. The summed E-state index contributed by atoms with van der Waals surface area (Å²) in [6.45, 7) is 8.98. The zero-order valence-corrected chi connectivity index (χ0v) is 19.6. The van der Waals surface area contributed by atoms with Crippen LogP contribution in [0.15, 0.2) is 91.0 Å². The molecule has 0 spiro atoms. The normalized spacial score (nSPS) is 13.7. The van der Waals surface area contributed by atoms with Crippen LogP contribution < -0.4 is 0 Å². The van der Waals surface area contributed by atoms with E-state index in [1.54, 1.807) is 0 Å². The van der Waals surface area contributed by atoms with Crippen LogP contribution in [0.3, 0.4) is 0 Å². The second-order valence-electron chi connectivity index (χ2n) is 9.82. The van der Waals surface area contributed by atoms with E-state index in [-0.39, 0.29) is 5.41 Å². The summed E-state index contributed by atoms with van der Waals surface area (Å²) in [5.41, 5.74) is 13.7. The van der Waals surface area contributed by atoms with Gasteiger partial charge in [0.25, 0.3) is 0 Å². The number of benzene rings is 4. The second-order valence-corrected chi connectivity index (χ2v) is 9.82.